The maximum Gasteiger partial charge on any atom is 0.264 e. The van der Waals surface area contributed by atoms with Crippen LogP contribution in [0.25, 0.3) is 11.3 Å². The van der Waals surface area contributed by atoms with Crippen molar-refractivity contribution in [2.24, 2.45) is 0 Å². The van der Waals surface area contributed by atoms with Crippen molar-refractivity contribution in [2.75, 3.05) is 0 Å². The van der Waals surface area contributed by atoms with Crippen molar-refractivity contribution in [3.8, 4) is 11.3 Å². The molecule has 0 saturated heterocycles. The molecule has 0 aliphatic carbocycles. The maximum atomic E-state index is 11.2. The van der Waals surface area contributed by atoms with Crippen molar-refractivity contribution in [1.29, 1.82) is 0 Å². The van der Waals surface area contributed by atoms with E-state index in [9.17, 15) is 4.79 Å². The van der Waals surface area contributed by atoms with Crippen LogP contribution in [0.4, 0.5) is 0 Å². The highest BCUT2D eigenvalue weighted by Gasteiger charge is 2.11. The first-order valence-corrected chi connectivity index (χ1v) is 5.36. The minimum absolute atomic E-state index is 0.0899. The summed E-state index contributed by atoms with van der Waals surface area (Å²) in [6.45, 7) is 8.36. The highest BCUT2D eigenvalue weighted by atomic mass is 16.1. The predicted octanol–water partition coefficient (Wildman–Crippen LogP) is 2.60. The van der Waals surface area contributed by atoms with Crippen molar-refractivity contribution in [1.82, 2.24) is 10.2 Å². The van der Waals surface area contributed by atoms with Crippen molar-refractivity contribution in [3.05, 3.63) is 44.7 Å². The fourth-order valence-corrected chi connectivity index (χ4v) is 2.09. The first-order valence-electron chi connectivity index (χ1n) is 5.36. The Bertz CT molecular complexity index is 564. The number of hydrogen-bond donors (Lipinski definition) is 2. The zero-order valence-corrected chi connectivity index (χ0v) is 10.1. The van der Waals surface area contributed by atoms with Gasteiger partial charge in [-0.3, -0.25) is 15.0 Å². The van der Waals surface area contributed by atoms with Crippen LogP contribution in [0.5, 0.6) is 0 Å². The van der Waals surface area contributed by atoms with E-state index in [-0.39, 0.29) is 5.56 Å². The topological polar surface area (TPSA) is 48.6 Å². The third kappa shape index (κ3) is 1.58. The molecule has 2 rings (SSSR count). The number of rotatable bonds is 1. The lowest BCUT2D eigenvalue weighted by Gasteiger charge is -2.13. The van der Waals surface area contributed by atoms with Crippen molar-refractivity contribution in [2.45, 2.75) is 27.7 Å². The van der Waals surface area contributed by atoms with Gasteiger partial charge in [-0.25, -0.2) is 0 Å². The van der Waals surface area contributed by atoms with Gasteiger partial charge in [0.2, 0.25) is 0 Å². The van der Waals surface area contributed by atoms with Crippen LogP contribution in [-0.2, 0) is 0 Å². The molecule has 0 fully saturated rings. The molecule has 2 aromatic rings. The van der Waals surface area contributed by atoms with Crippen LogP contribution >= 0.6 is 0 Å². The van der Waals surface area contributed by atoms with Gasteiger partial charge >= 0.3 is 0 Å². The zero-order chi connectivity index (χ0) is 11.9. The monoisotopic (exact) mass is 216 g/mol. The molecular formula is C13H16N2O. The third-order valence-electron chi connectivity index (χ3n) is 3.23. The minimum Gasteiger partial charge on any atom is -0.298 e. The molecule has 1 aromatic heterocycles. The Morgan fingerprint density at radius 2 is 1.44 bits per heavy atom. The summed E-state index contributed by atoms with van der Waals surface area (Å²) in [4.78, 5) is 11.2. The van der Waals surface area contributed by atoms with Gasteiger partial charge in [0.25, 0.3) is 5.56 Å². The SMILES string of the molecule is Cc1cc(C)c(C)c(-c2cc(=O)[nH][nH]2)c1C. The molecule has 0 amide bonds. The molecule has 3 nitrogen and oxygen atoms in total. The van der Waals surface area contributed by atoms with Gasteiger partial charge in [-0.2, -0.15) is 0 Å². The number of aryl methyl sites for hydroxylation is 2. The first-order chi connectivity index (χ1) is 7.50. The summed E-state index contributed by atoms with van der Waals surface area (Å²) in [6, 6.07) is 3.78. The molecule has 0 aliphatic heterocycles. The van der Waals surface area contributed by atoms with E-state index in [2.05, 4.69) is 44.0 Å². The molecule has 0 saturated carbocycles. The molecule has 3 heteroatoms. The van der Waals surface area contributed by atoms with Crippen LogP contribution in [0.3, 0.4) is 0 Å². The Kier molecular flexibility index (Phi) is 2.46. The molecule has 16 heavy (non-hydrogen) atoms. The van der Waals surface area contributed by atoms with E-state index in [0.717, 1.165) is 11.3 Å². The molecule has 0 unspecified atom stereocenters. The van der Waals surface area contributed by atoms with Crippen LogP contribution < -0.4 is 5.56 Å². The summed E-state index contributed by atoms with van der Waals surface area (Å²) in [6.07, 6.45) is 0. The molecule has 1 heterocycles. The van der Waals surface area contributed by atoms with Crippen molar-refractivity contribution >= 4 is 0 Å². The Morgan fingerprint density at radius 1 is 0.875 bits per heavy atom. The first kappa shape index (κ1) is 10.7. The van der Waals surface area contributed by atoms with Gasteiger partial charge in [-0.15, -0.1) is 0 Å². The van der Waals surface area contributed by atoms with E-state index in [1.807, 2.05) is 0 Å². The quantitative estimate of drug-likeness (QED) is 0.756. The average molecular weight is 216 g/mol. The Hall–Kier alpha value is -1.77. The number of nitrogens with one attached hydrogen (secondary N) is 2. The second-order valence-corrected chi connectivity index (χ2v) is 4.31. The number of H-pyrrole nitrogens is 2. The van der Waals surface area contributed by atoms with Gasteiger partial charge in [-0.05, 0) is 49.9 Å². The Labute approximate surface area is 94.5 Å². The molecule has 0 bridgehead atoms. The van der Waals surface area contributed by atoms with Gasteiger partial charge in [-0.1, -0.05) is 6.07 Å². The van der Waals surface area contributed by atoms with Crippen molar-refractivity contribution in [3.63, 3.8) is 0 Å². The molecule has 0 radical (unpaired) electrons. The fourth-order valence-electron chi connectivity index (χ4n) is 2.09. The molecule has 84 valence electrons. The average Bonchev–Trinajstić information content (AvgIpc) is 2.62. The van der Waals surface area contributed by atoms with Crippen LogP contribution in [-0.4, -0.2) is 10.2 Å². The molecule has 0 spiro atoms. The van der Waals surface area contributed by atoms with Crippen LogP contribution in [0, 0.1) is 27.7 Å². The summed E-state index contributed by atoms with van der Waals surface area (Å²) in [5, 5.41) is 5.50. The van der Waals surface area contributed by atoms with Gasteiger partial charge in [0, 0.05) is 11.6 Å². The van der Waals surface area contributed by atoms with Crippen LogP contribution in [0.2, 0.25) is 0 Å². The standard InChI is InChI=1S/C13H16N2O/c1-7-5-8(2)10(4)13(9(7)3)11-6-12(16)15-14-11/h5-6H,1-4H3,(H2,14,15,16). The predicted molar refractivity (Wildman–Crippen MR) is 65.8 cm³/mol. The van der Waals surface area contributed by atoms with E-state index >= 15 is 0 Å². The fraction of sp³-hybridized carbons (Fsp3) is 0.308. The van der Waals surface area contributed by atoms with E-state index < -0.39 is 0 Å². The molecule has 0 atom stereocenters. The number of aromatic nitrogens is 2. The lowest BCUT2D eigenvalue weighted by molar-refractivity contribution is 1.06. The maximum absolute atomic E-state index is 11.2. The normalized spacial score (nSPS) is 10.8. The van der Waals surface area contributed by atoms with Crippen LogP contribution in [0.1, 0.15) is 22.3 Å². The Balaban J connectivity index is 2.78. The Morgan fingerprint density at radius 3 is 1.88 bits per heavy atom. The third-order valence-corrected chi connectivity index (χ3v) is 3.23. The van der Waals surface area contributed by atoms with Crippen LogP contribution in [0.15, 0.2) is 16.9 Å². The molecule has 2 N–H and O–H groups in total. The van der Waals surface area contributed by atoms with E-state index in [4.69, 9.17) is 0 Å². The lowest BCUT2D eigenvalue weighted by atomic mass is 9.92. The van der Waals surface area contributed by atoms with E-state index in [0.29, 0.717) is 0 Å². The number of benzene rings is 1. The summed E-state index contributed by atoms with van der Waals surface area (Å²) in [5.74, 6) is 0. The van der Waals surface area contributed by atoms with Gasteiger partial charge in [0.15, 0.2) is 0 Å². The van der Waals surface area contributed by atoms with Gasteiger partial charge in [0.1, 0.15) is 0 Å². The smallest absolute Gasteiger partial charge is 0.264 e. The second kappa shape index (κ2) is 3.67. The molecule has 1 aromatic carbocycles. The highest BCUT2D eigenvalue weighted by Crippen LogP contribution is 2.29. The minimum atomic E-state index is -0.0899. The zero-order valence-electron chi connectivity index (χ0n) is 10.1. The summed E-state index contributed by atoms with van der Waals surface area (Å²) >= 11 is 0. The second-order valence-electron chi connectivity index (χ2n) is 4.31. The van der Waals surface area contributed by atoms with E-state index in [1.54, 1.807) is 6.07 Å². The number of aromatic amines is 2. The molecule has 0 aliphatic rings. The largest absolute Gasteiger partial charge is 0.298 e. The summed E-state index contributed by atoms with van der Waals surface area (Å²) < 4.78 is 0. The lowest BCUT2D eigenvalue weighted by Crippen LogP contribution is -1.95. The van der Waals surface area contributed by atoms with Crippen molar-refractivity contribution < 1.29 is 0 Å². The van der Waals surface area contributed by atoms with Gasteiger partial charge < -0.3 is 0 Å². The number of hydrogen-bond acceptors (Lipinski definition) is 1. The van der Waals surface area contributed by atoms with E-state index in [1.165, 1.54) is 22.3 Å². The van der Waals surface area contributed by atoms with Gasteiger partial charge in [0.05, 0.1) is 5.69 Å². The highest BCUT2D eigenvalue weighted by molar-refractivity contribution is 5.70. The summed E-state index contributed by atoms with van der Waals surface area (Å²) in [7, 11) is 0. The summed E-state index contributed by atoms with van der Waals surface area (Å²) in [5.41, 5.74) is 6.85. The molecular weight excluding hydrogens is 200 g/mol.